The Hall–Kier alpha value is -2.34. The summed E-state index contributed by atoms with van der Waals surface area (Å²) < 4.78 is 0. The molecule has 0 nitrogen and oxygen atoms in total. The van der Waals surface area contributed by atoms with Gasteiger partial charge in [0, 0.05) is 5.92 Å². The third-order valence-corrected chi connectivity index (χ3v) is 4.68. The first kappa shape index (κ1) is 14.6. The van der Waals surface area contributed by atoms with Crippen LogP contribution in [0.1, 0.15) is 39.3 Å². The number of hydrogen-bond donors (Lipinski definition) is 0. The van der Waals surface area contributed by atoms with E-state index in [9.17, 15) is 0 Å². The molecule has 0 aromatic heterocycles. The molecular formula is C22H22. The Kier molecular flexibility index (Phi) is 4.11. The smallest absolute Gasteiger partial charge is 0.0342 e. The van der Waals surface area contributed by atoms with Crippen molar-refractivity contribution in [2.24, 2.45) is 0 Å². The summed E-state index contributed by atoms with van der Waals surface area (Å²) in [4.78, 5) is 0. The molecule has 22 heavy (non-hydrogen) atoms. The molecule has 3 aromatic rings. The zero-order valence-corrected chi connectivity index (χ0v) is 13.5. The van der Waals surface area contributed by atoms with Gasteiger partial charge in [0.2, 0.25) is 0 Å². The van der Waals surface area contributed by atoms with Crippen LogP contribution in [-0.4, -0.2) is 0 Å². The molecular weight excluding hydrogens is 264 g/mol. The molecule has 0 aliphatic carbocycles. The molecule has 0 aliphatic heterocycles. The van der Waals surface area contributed by atoms with Gasteiger partial charge in [0.25, 0.3) is 0 Å². The largest absolute Gasteiger partial charge is 0.0622 e. The van der Waals surface area contributed by atoms with Crippen molar-refractivity contribution in [1.29, 1.82) is 0 Å². The van der Waals surface area contributed by atoms with Gasteiger partial charge in [-0.1, -0.05) is 72.8 Å². The van der Waals surface area contributed by atoms with Gasteiger partial charge >= 0.3 is 0 Å². The van der Waals surface area contributed by atoms with E-state index in [4.69, 9.17) is 0 Å². The normalized spacial score (nSPS) is 10.9. The molecule has 3 aromatic carbocycles. The maximum Gasteiger partial charge on any atom is 0.0342 e. The van der Waals surface area contributed by atoms with Crippen molar-refractivity contribution in [3.05, 3.63) is 106 Å². The van der Waals surface area contributed by atoms with Crippen molar-refractivity contribution in [1.82, 2.24) is 0 Å². The Morgan fingerprint density at radius 3 is 1.55 bits per heavy atom. The number of rotatable bonds is 3. The Labute approximate surface area is 133 Å². The summed E-state index contributed by atoms with van der Waals surface area (Å²) in [6.45, 7) is 6.66. The Balaban J connectivity index is 2.21. The van der Waals surface area contributed by atoms with Crippen LogP contribution in [0.25, 0.3) is 0 Å². The van der Waals surface area contributed by atoms with Gasteiger partial charge in [-0.2, -0.15) is 0 Å². The molecule has 0 fully saturated rings. The summed E-state index contributed by atoms with van der Waals surface area (Å²) in [6, 6.07) is 26.1. The van der Waals surface area contributed by atoms with Crippen molar-refractivity contribution < 1.29 is 0 Å². The molecule has 0 atom stereocenters. The molecule has 0 amide bonds. The first-order valence-electron chi connectivity index (χ1n) is 7.85. The van der Waals surface area contributed by atoms with Crippen LogP contribution in [0.5, 0.6) is 0 Å². The van der Waals surface area contributed by atoms with E-state index in [1.165, 1.54) is 33.4 Å². The Morgan fingerprint density at radius 2 is 1.05 bits per heavy atom. The van der Waals surface area contributed by atoms with Crippen molar-refractivity contribution in [2.45, 2.75) is 26.7 Å². The van der Waals surface area contributed by atoms with Crippen LogP contribution in [0.3, 0.4) is 0 Å². The molecule has 0 aliphatic rings. The summed E-state index contributed by atoms with van der Waals surface area (Å²) in [5, 5.41) is 0. The zero-order chi connectivity index (χ0) is 15.5. The quantitative estimate of drug-likeness (QED) is 0.534. The van der Waals surface area contributed by atoms with E-state index in [1.54, 1.807) is 0 Å². The summed E-state index contributed by atoms with van der Waals surface area (Å²) >= 11 is 0. The first-order valence-corrected chi connectivity index (χ1v) is 7.85. The van der Waals surface area contributed by atoms with Crippen LogP contribution in [0.2, 0.25) is 0 Å². The molecule has 0 N–H and O–H groups in total. The minimum Gasteiger partial charge on any atom is -0.0622 e. The lowest BCUT2D eigenvalue weighted by molar-refractivity contribution is 0.954. The van der Waals surface area contributed by atoms with Gasteiger partial charge in [-0.05, 0) is 54.2 Å². The SMILES string of the molecule is Cc1ccc(C(c2ccccc2)c2ccccc2)c(C)c1C. The lowest BCUT2D eigenvalue weighted by Crippen LogP contribution is -2.06. The van der Waals surface area contributed by atoms with Crippen LogP contribution < -0.4 is 0 Å². The second-order valence-corrected chi connectivity index (χ2v) is 5.98. The second-order valence-electron chi connectivity index (χ2n) is 5.98. The number of hydrogen-bond acceptors (Lipinski definition) is 0. The molecule has 0 bridgehead atoms. The lowest BCUT2D eigenvalue weighted by Gasteiger charge is -2.22. The van der Waals surface area contributed by atoms with Gasteiger partial charge in [-0.3, -0.25) is 0 Å². The third kappa shape index (κ3) is 2.69. The maximum atomic E-state index is 2.29. The highest BCUT2D eigenvalue weighted by molar-refractivity contribution is 5.49. The first-order chi connectivity index (χ1) is 10.7. The summed E-state index contributed by atoms with van der Waals surface area (Å²) in [5.41, 5.74) is 8.26. The van der Waals surface area contributed by atoms with Crippen molar-refractivity contribution in [3.63, 3.8) is 0 Å². The van der Waals surface area contributed by atoms with E-state index in [2.05, 4.69) is 93.6 Å². The van der Waals surface area contributed by atoms with E-state index in [1.807, 2.05) is 0 Å². The topological polar surface area (TPSA) is 0 Å². The van der Waals surface area contributed by atoms with Gasteiger partial charge in [0.05, 0.1) is 0 Å². The highest BCUT2D eigenvalue weighted by Gasteiger charge is 2.19. The second kappa shape index (κ2) is 6.19. The van der Waals surface area contributed by atoms with Crippen LogP contribution in [-0.2, 0) is 0 Å². The zero-order valence-electron chi connectivity index (χ0n) is 13.5. The van der Waals surface area contributed by atoms with Gasteiger partial charge < -0.3 is 0 Å². The van der Waals surface area contributed by atoms with E-state index in [-0.39, 0.29) is 0 Å². The fourth-order valence-electron chi connectivity index (χ4n) is 3.13. The van der Waals surface area contributed by atoms with E-state index < -0.39 is 0 Å². The molecule has 0 unspecified atom stereocenters. The highest BCUT2D eigenvalue weighted by Crippen LogP contribution is 2.35. The van der Waals surface area contributed by atoms with Crippen LogP contribution in [0, 0.1) is 20.8 Å². The van der Waals surface area contributed by atoms with Crippen LogP contribution in [0.15, 0.2) is 72.8 Å². The van der Waals surface area contributed by atoms with Crippen LogP contribution in [0.4, 0.5) is 0 Å². The Morgan fingerprint density at radius 1 is 0.545 bits per heavy atom. The van der Waals surface area contributed by atoms with E-state index in [0.717, 1.165) is 0 Å². The minimum atomic E-state index is 0.293. The number of benzene rings is 3. The highest BCUT2D eigenvalue weighted by atomic mass is 14.2. The fraction of sp³-hybridized carbons (Fsp3) is 0.182. The maximum absolute atomic E-state index is 2.29. The van der Waals surface area contributed by atoms with Crippen molar-refractivity contribution >= 4 is 0 Å². The van der Waals surface area contributed by atoms with Crippen LogP contribution >= 0.6 is 0 Å². The van der Waals surface area contributed by atoms with Crippen molar-refractivity contribution in [2.75, 3.05) is 0 Å². The van der Waals surface area contributed by atoms with Gasteiger partial charge in [0.15, 0.2) is 0 Å². The predicted molar refractivity (Wildman–Crippen MR) is 94.5 cm³/mol. The minimum absolute atomic E-state index is 0.293. The average molecular weight is 286 g/mol. The average Bonchev–Trinajstić information content (AvgIpc) is 2.57. The monoisotopic (exact) mass is 286 g/mol. The van der Waals surface area contributed by atoms with E-state index in [0.29, 0.717) is 5.92 Å². The third-order valence-electron chi connectivity index (χ3n) is 4.68. The van der Waals surface area contributed by atoms with E-state index >= 15 is 0 Å². The fourth-order valence-corrected chi connectivity index (χ4v) is 3.13. The number of aryl methyl sites for hydroxylation is 1. The molecule has 0 saturated carbocycles. The summed E-state index contributed by atoms with van der Waals surface area (Å²) in [5.74, 6) is 0.293. The lowest BCUT2D eigenvalue weighted by atomic mass is 9.81. The van der Waals surface area contributed by atoms with Gasteiger partial charge in [0.1, 0.15) is 0 Å². The molecule has 110 valence electrons. The molecule has 0 heteroatoms. The molecule has 0 heterocycles. The molecule has 0 saturated heterocycles. The van der Waals surface area contributed by atoms with Gasteiger partial charge in [-0.15, -0.1) is 0 Å². The standard InChI is InChI=1S/C22H22/c1-16-14-15-21(18(3)17(16)2)22(19-10-6-4-7-11-19)20-12-8-5-9-13-20/h4-15,22H,1-3H3. The summed E-state index contributed by atoms with van der Waals surface area (Å²) in [6.07, 6.45) is 0. The Bertz CT molecular complexity index is 715. The predicted octanol–water partition coefficient (Wildman–Crippen LogP) is 5.79. The molecule has 0 spiro atoms. The summed E-state index contributed by atoms with van der Waals surface area (Å²) in [7, 11) is 0. The molecule has 0 radical (unpaired) electrons. The van der Waals surface area contributed by atoms with Gasteiger partial charge in [-0.25, -0.2) is 0 Å². The van der Waals surface area contributed by atoms with Crippen molar-refractivity contribution in [3.8, 4) is 0 Å². The molecule has 3 rings (SSSR count).